The first-order valence-corrected chi connectivity index (χ1v) is 12.3. The van der Waals surface area contributed by atoms with Crippen molar-refractivity contribution in [3.8, 4) is 11.5 Å². The summed E-state index contributed by atoms with van der Waals surface area (Å²) >= 11 is 0. The van der Waals surface area contributed by atoms with Crippen LogP contribution in [0.25, 0.3) is 0 Å². The topological polar surface area (TPSA) is 259 Å². The van der Waals surface area contributed by atoms with Gasteiger partial charge in [-0.05, 0) is 49.9 Å². The van der Waals surface area contributed by atoms with Crippen LogP contribution in [0.5, 0.6) is 11.5 Å². The SMILES string of the molecule is Cc1cccc(C)c1OC/C=N/N=C(\N)NO.Cc1cccc(C)c1OC/C=N/N=C(\N)NO.O=S(=O)(O)O. The molecule has 216 valence electrons. The van der Waals surface area contributed by atoms with Gasteiger partial charge in [0, 0.05) is 0 Å². The number of ether oxygens (including phenoxy) is 2. The van der Waals surface area contributed by atoms with E-state index in [9.17, 15) is 0 Å². The summed E-state index contributed by atoms with van der Waals surface area (Å²) in [5, 5.41) is 30.8. The van der Waals surface area contributed by atoms with Crippen LogP contribution in [-0.2, 0) is 10.4 Å². The molecular weight excluding hydrogens is 536 g/mol. The number of aryl methyl sites for hydroxylation is 4. The fourth-order valence-corrected chi connectivity index (χ4v) is 2.61. The molecule has 17 heteroatoms. The van der Waals surface area contributed by atoms with Crippen LogP contribution in [0.4, 0.5) is 0 Å². The number of nitrogens with zero attached hydrogens (tertiary/aromatic N) is 4. The van der Waals surface area contributed by atoms with Crippen LogP contribution in [-0.4, -0.2) is 65.5 Å². The van der Waals surface area contributed by atoms with Gasteiger partial charge in [0.15, 0.2) is 0 Å². The van der Waals surface area contributed by atoms with E-state index in [4.69, 9.17) is 48.9 Å². The number of hydroxylamine groups is 2. The predicted molar refractivity (Wildman–Crippen MR) is 147 cm³/mol. The zero-order valence-corrected chi connectivity index (χ0v) is 22.6. The highest BCUT2D eigenvalue weighted by atomic mass is 32.3. The van der Waals surface area contributed by atoms with Crippen LogP contribution in [0, 0.1) is 27.7 Å². The van der Waals surface area contributed by atoms with Crippen molar-refractivity contribution in [3.63, 3.8) is 0 Å². The minimum absolute atomic E-state index is 0.173. The summed E-state index contributed by atoms with van der Waals surface area (Å²) in [5.41, 5.74) is 17.9. The fraction of sp³-hybridized carbons (Fsp3) is 0.273. The van der Waals surface area contributed by atoms with E-state index in [1.807, 2.05) is 64.1 Å². The minimum Gasteiger partial charge on any atom is -0.487 e. The monoisotopic (exact) mass is 570 g/mol. The number of hydrogen-bond donors (Lipinski definition) is 8. The summed E-state index contributed by atoms with van der Waals surface area (Å²) in [6, 6.07) is 11.9. The molecule has 2 aromatic carbocycles. The first-order valence-electron chi connectivity index (χ1n) is 10.9. The van der Waals surface area contributed by atoms with E-state index >= 15 is 0 Å². The molecule has 0 aliphatic rings. The Labute approximate surface area is 226 Å². The van der Waals surface area contributed by atoms with Gasteiger partial charge in [0.2, 0.25) is 11.9 Å². The zero-order valence-electron chi connectivity index (χ0n) is 21.8. The second kappa shape index (κ2) is 18.9. The lowest BCUT2D eigenvalue weighted by Gasteiger charge is -2.09. The van der Waals surface area contributed by atoms with E-state index in [1.165, 1.54) is 12.4 Å². The lowest BCUT2D eigenvalue weighted by Crippen LogP contribution is -2.27. The molecule has 0 aliphatic carbocycles. The number of benzene rings is 2. The molecule has 0 spiro atoms. The quantitative estimate of drug-likeness (QED) is 0.0965. The van der Waals surface area contributed by atoms with Gasteiger partial charge in [0.25, 0.3) is 0 Å². The Morgan fingerprint density at radius 1 is 0.769 bits per heavy atom. The Morgan fingerprint density at radius 2 is 1.05 bits per heavy atom. The summed E-state index contributed by atoms with van der Waals surface area (Å²) in [5.74, 6) is 1.34. The average Bonchev–Trinajstić information content (AvgIpc) is 2.85. The Kier molecular flexibility index (Phi) is 16.8. The Balaban J connectivity index is 0.000000632. The predicted octanol–water partition coefficient (Wildman–Crippen LogP) is 1.27. The molecule has 0 amide bonds. The number of hydrogen-bond acceptors (Lipinski definition) is 10. The summed E-state index contributed by atoms with van der Waals surface area (Å²) in [4.78, 5) is 0. The highest BCUT2D eigenvalue weighted by molar-refractivity contribution is 7.79. The molecule has 0 radical (unpaired) electrons. The molecule has 2 rings (SSSR count). The fourth-order valence-electron chi connectivity index (χ4n) is 2.61. The molecule has 0 unspecified atom stereocenters. The first-order chi connectivity index (χ1) is 18.3. The third kappa shape index (κ3) is 17.7. The molecule has 39 heavy (non-hydrogen) atoms. The van der Waals surface area contributed by atoms with Gasteiger partial charge in [-0.2, -0.15) is 18.6 Å². The van der Waals surface area contributed by atoms with Crippen LogP contribution in [0.2, 0.25) is 0 Å². The first kappa shape index (κ1) is 34.7. The van der Waals surface area contributed by atoms with Crippen molar-refractivity contribution in [2.75, 3.05) is 13.2 Å². The maximum atomic E-state index is 8.74. The number of nitrogens with one attached hydrogen (secondary N) is 2. The Bertz CT molecular complexity index is 1120. The molecule has 0 aliphatic heterocycles. The lowest BCUT2D eigenvalue weighted by molar-refractivity contribution is 0.232. The maximum absolute atomic E-state index is 8.74. The standard InChI is InChI=1S/2C11H16N4O2.H2O4S/c2*1-8-4-3-5-9(2)10(8)17-7-6-13-14-11(12)15-16;1-5(2,3)4/h2*3-6,16H,7H2,1-2H3,(H3,12,14,15);(H2,1,2,3,4)/b2*13-6+;. The Hall–Kier alpha value is -4.29. The van der Waals surface area contributed by atoms with Gasteiger partial charge in [-0.25, -0.2) is 11.0 Å². The van der Waals surface area contributed by atoms with E-state index < -0.39 is 10.4 Å². The van der Waals surface area contributed by atoms with Crippen LogP contribution in [0.3, 0.4) is 0 Å². The van der Waals surface area contributed by atoms with Crippen molar-refractivity contribution < 1.29 is 37.4 Å². The molecule has 0 aromatic heterocycles. The minimum atomic E-state index is -4.67. The molecular formula is C22H34N8O8S. The van der Waals surface area contributed by atoms with Crippen molar-refractivity contribution in [2.24, 2.45) is 31.9 Å². The van der Waals surface area contributed by atoms with Crippen molar-refractivity contribution in [3.05, 3.63) is 58.7 Å². The molecule has 0 saturated heterocycles. The highest BCUT2D eigenvalue weighted by Crippen LogP contribution is 2.22. The largest absolute Gasteiger partial charge is 0.487 e. The van der Waals surface area contributed by atoms with Gasteiger partial charge in [0.1, 0.15) is 24.7 Å². The highest BCUT2D eigenvalue weighted by Gasteiger charge is 2.02. The molecule has 2 aromatic rings. The maximum Gasteiger partial charge on any atom is 0.394 e. The zero-order chi connectivity index (χ0) is 29.8. The van der Waals surface area contributed by atoms with Gasteiger partial charge in [-0.1, -0.05) is 36.4 Å². The molecule has 0 bridgehead atoms. The van der Waals surface area contributed by atoms with Gasteiger partial charge >= 0.3 is 10.4 Å². The number of rotatable bonds is 8. The third-order valence-corrected chi connectivity index (χ3v) is 4.15. The van der Waals surface area contributed by atoms with Gasteiger partial charge in [-0.3, -0.25) is 19.5 Å². The molecule has 0 fully saturated rings. The molecule has 0 heterocycles. The van der Waals surface area contributed by atoms with E-state index in [2.05, 4.69) is 20.4 Å². The van der Waals surface area contributed by atoms with Crippen LogP contribution in [0.1, 0.15) is 22.3 Å². The lowest BCUT2D eigenvalue weighted by atomic mass is 10.1. The number of para-hydroxylation sites is 2. The average molecular weight is 571 g/mol. The van der Waals surface area contributed by atoms with Crippen LogP contribution < -0.4 is 31.9 Å². The second-order valence-corrected chi connectivity index (χ2v) is 8.20. The molecule has 0 atom stereocenters. The van der Waals surface area contributed by atoms with Crippen molar-refractivity contribution in [2.45, 2.75) is 27.7 Å². The third-order valence-electron chi connectivity index (χ3n) is 4.15. The van der Waals surface area contributed by atoms with E-state index in [-0.39, 0.29) is 25.1 Å². The number of guanidine groups is 2. The van der Waals surface area contributed by atoms with Crippen LogP contribution >= 0.6 is 0 Å². The van der Waals surface area contributed by atoms with Gasteiger partial charge in [0.05, 0.1) is 12.4 Å². The normalized spacial score (nSPS) is 11.8. The van der Waals surface area contributed by atoms with E-state index in [0.29, 0.717) is 0 Å². The molecule has 10 N–H and O–H groups in total. The van der Waals surface area contributed by atoms with Crippen molar-refractivity contribution in [1.82, 2.24) is 11.0 Å². The molecule has 16 nitrogen and oxygen atoms in total. The summed E-state index contributed by atoms with van der Waals surface area (Å²) < 4.78 is 42.7. The van der Waals surface area contributed by atoms with E-state index in [0.717, 1.165) is 33.8 Å². The summed E-state index contributed by atoms with van der Waals surface area (Å²) in [6.07, 6.45) is 2.91. The number of nitrogens with two attached hydrogens (primary N) is 2. The van der Waals surface area contributed by atoms with Crippen molar-refractivity contribution >= 4 is 34.7 Å². The van der Waals surface area contributed by atoms with Gasteiger partial charge < -0.3 is 20.9 Å². The second-order valence-electron chi connectivity index (χ2n) is 7.30. The summed E-state index contributed by atoms with van der Waals surface area (Å²) in [7, 11) is -4.67. The van der Waals surface area contributed by atoms with Gasteiger partial charge in [-0.15, -0.1) is 10.2 Å². The Morgan fingerprint density at radius 3 is 1.31 bits per heavy atom. The molecule has 0 saturated carbocycles. The van der Waals surface area contributed by atoms with E-state index in [1.54, 1.807) is 11.0 Å². The smallest absolute Gasteiger partial charge is 0.394 e. The summed E-state index contributed by atoms with van der Waals surface area (Å²) in [6.45, 7) is 8.48. The van der Waals surface area contributed by atoms with Crippen molar-refractivity contribution in [1.29, 1.82) is 0 Å². The van der Waals surface area contributed by atoms with Crippen LogP contribution in [0.15, 0.2) is 56.8 Å².